The molecule has 0 aliphatic carbocycles. The summed E-state index contributed by atoms with van der Waals surface area (Å²) in [6.45, 7) is 4.50. The summed E-state index contributed by atoms with van der Waals surface area (Å²) in [6, 6.07) is 44.5. The molecule has 0 spiro atoms. The van der Waals surface area contributed by atoms with Crippen LogP contribution < -0.4 is 15.9 Å². The minimum absolute atomic E-state index is 0. The van der Waals surface area contributed by atoms with Gasteiger partial charge in [0, 0.05) is 0 Å². The van der Waals surface area contributed by atoms with Gasteiger partial charge < -0.3 is 34.9 Å². The van der Waals surface area contributed by atoms with Crippen molar-refractivity contribution in [3.8, 4) is 0 Å². The van der Waals surface area contributed by atoms with E-state index in [1.165, 1.54) is 15.9 Å². The largest absolute Gasteiger partial charge is 6.00 e. The molecule has 6 heteroatoms. The minimum atomic E-state index is -1.86. The van der Waals surface area contributed by atoms with E-state index in [-0.39, 0.29) is 17.1 Å². The van der Waals surface area contributed by atoms with Crippen molar-refractivity contribution in [1.29, 1.82) is 0 Å². The van der Waals surface area contributed by atoms with Gasteiger partial charge in [0.25, 0.3) is 0 Å². The summed E-state index contributed by atoms with van der Waals surface area (Å²) in [5, 5.41) is 4.31. The summed E-state index contributed by atoms with van der Waals surface area (Å²) in [4.78, 5) is 0. The van der Waals surface area contributed by atoms with Gasteiger partial charge in [-0.1, -0.05) is 65.7 Å². The second kappa shape index (κ2) is 18.6. The van der Waals surface area contributed by atoms with Crippen LogP contribution >= 0.6 is 7.92 Å². The van der Waals surface area contributed by atoms with Crippen molar-refractivity contribution < 1.29 is 30.5 Å². The number of rotatable bonds is 3. The van der Waals surface area contributed by atoms with Crippen molar-refractivity contribution in [3.63, 3.8) is 0 Å². The zero-order valence-electron chi connectivity index (χ0n) is 16.7. The van der Waals surface area contributed by atoms with Crippen LogP contribution in [0.1, 0.15) is 0 Å². The summed E-state index contributed by atoms with van der Waals surface area (Å²) in [5.74, 6) is 0. The van der Waals surface area contributed by atoms with Gasteiger partial charge in [0.1, 0.15) is 15.9 Å². The summed E-state index contributed by atoms with van der Waals surface area (Å²) in [6.07, 6.45) is 1.08. The van der Waals surface area contributed by atoms with E-state index < -0.39 is 19.0 Å². The van der Waals surface area contributed by atoms with Crippen LogP contribution in [-0.2, 0) is 32.8 Å². The Labute approximate surface area is 199 Å². The molecule has 0 aliphatic rings. The maximum Gasteiger partial charge on any atom is 6.00 e. The Hall–Kier alpha value is -2.19. The Morgan fingerprint density at radius 3 is 1.23 bits per heavy atom. The van der Waals surface area contributed by atoms with Crippen LogP contribution in [0.2, 0.25) is 0 Å². The van der Waals surface area contributed by atoms with Gasteiger partial charge in [-0.25, -0.2) is 0 Å². The SMILES string of the molecule is CS(=O)[O-].[C-]#[O+].[Fe+6].[c-]1[c-][c-][cH-][c-]1.c1ccc([PH+](c2ccccc2)c2ccccc2)cc1. The Kier molecular flexibility index (Phi) is 17.3. The van der Waals surface area contributed by atoms with E-state index in [0.717, 1.165) is 6.26 Å². The third-order valence-electron chi connectivity index (χ3n) is 3.54. The molecule has 0 amide bonds. The maximum atomic E-state index is 9.00. The van der Waals surface area contributed by atoms with E-state index in [0.29, 0.717) is 0 Å². The minimum Gasteiger partial charge on any atom is -0.999 e. The van der Waals surface area contributed by atoms with Crippen LogP contribution in [0.4, 0.5) is 0 Å². The maximum absolute atomic E-state index is 9.00. The smallest absolute Gasteiger partial charge is 0.999 e. The van der Waals surface area contributed by atoms with Crippen molar-refractivity contribution in [2.75, 3.05) is 6.26 Å². The molecule has 31 heavy (non-hydrogen) atoms. The fourth-order valence-corrected chi connectivity index (χ4v) is 5.07. The molecule has 0 aromatic heterocycles. The van der Waals surface area contributed by atoms with Gasteiger partial charge in [-0.15, -0.1) is 0 Å². The summed E-state index contributed by atoms with van der Waals surface area (Å²) in [7, 11) is -0.877. The first-order valence-corrected chi connectivity index (χ1v) is 11.7. The summed E-state index contributed by atoms with van der Waals surface area (Å²) >= 11 is -1.86. The molecular weight excluding hydrogens is 467 g/mol. The molecule has 3 nitrogen and oxygen atoms in total. The van der Waals surface area contributed by atoms with E-state index in [2.05, 4.69) is 122 Å². The molecule has 1 atom stereocenters. The third-order valence-corrected chi connectivity index (χ3v) is 6.27. The van der Waals surface area contributed by atoms with Crippen LogP contribution in [0.5, 0.6) is 0 Å². The van der Waals surface area contributed by atoms with Crippen molar-refractivity contribution in [1.82, 2.24) is 0 Å². The Balaban J connectivity index is 0.000000626. The van der Waals surface area contributed by atoms with Crippen LogP contribution in [-0.4, -0.2) is 15.0 Å². The average molecular weight is 487 g/mol. The first-order valence-electron chi connectivity index (χ1n) is 8.76. The molecule has 4 aromatic carbocycles. The molecule has 0 heterocycles. The van der Waals surface area contributed by atoms with Crippen LogP contribution in [0.15, 0.2) is 97.1 Å². The van der Waals surface area contributed by atoms with Gasteiger partial charge in [-0.05, 0) is 42.7 Å². The predicted molar refractivity (Wildman–Crippen MR) is 123 cm³/mol. The Morgan fingerprint density at radius 1 is 0.774 bits per heavy atom. The average Bonchev–Trinajstić information content (AvgIpc) is 3.38. The van der Waals surface area contributed by atoms with Crippen molar-refractivity contribution >= 4 is 34.9 Å². The Bertz CT molecular complexity index is 832. The molecule has 0 aliphatic heterocycles. The quantitative estimate of drug-likeness (QED) is 0.147. The monoisotopic (exact) mass is 487 g/mol. The molecule has 0 saturated carbocycles. The fraction of sp³-hybridized carbons (Fsp3) is 0.0400. The van der Waals surface area contributed by atoms with E-state index in [4.69, 9.17) is 13.4 Å². The summed E-state index contributed by atoms with van der Waals surface area (Å²) in [5.41, 5.74) is 0. The molecule has 4 rings (SSSR count). The molecule has 4 aromatic rings. The van der Waals surface area contributed by atoms with Crippen LogP contribution in [0, 0.1) is 30.9 Å². The first kappa shape index (κ1) is 28.8. The topological polar surface area (TPSA) is 60.0 Å². The molecule has 0 fully saturated rings. The Morgan fingerprint density at radius 2 is 1.03 bits per heavy atom. The number of benzene rings is 3. The van der Waals surface area contributed by atoms with Gasteiger partial charge in [0.2, 0.25) is 0 Å². The first-order chi connectivity index (χ1) is 14.7. The molecule has 0 radical (unpaired) electrons. The van der Waals surface area contributed by atoms with Gasteiger partial charge in [-0.3, -0.25) is 4.21 Å². The van der Waals surface area contributed by atoms with Crippen LogP contribution in [0.25, 0.3) is 0 Å². The van der Waals surface area contributed by atoms with Crippen molar-refractivity contribution in [3.05, 3.63) is 128 Å². The third kappa shape index (κ3) is 12.3. The molecular formula is C25H20FeO3PS+. The number of hydrogen-bond donors (Lipinski definition) is 0. The second-order valence-electron chi connectivity index (χ2n) is 5.56. The molecule has 1 unspecified atom stereocenters. The fourth-order valence-electron chi connectivity index (χ4n) is 2.49. The molecule has 0 saturated heterocycles. The zero-order chi connectivity index (χ0) is 22.0. The standard InChI is InChI=1S/C18H15P.C5H.CH4O2S.CO.Fe/c1-4-10-16(11-5-1)19(17-12-6-2-7-13-17)18-14-8-3-9-15-18;1-2-4-5-3-1;1-4(2)3;1-2;/h1-15H;1H;1H3,(H,2,3);;/q;-5;;;+6. The summed E-state index contributed by atoms with van der Waals surface area (Å²) < 4.78 is 25.5. The van der Waals surface area contributed by atoms with Crippen LogP contribution in [0.3, 0.4) is 0 Å². The van der Waals surface area contributed by atoms with Gasteiger partial charge in [-0.2, -0.15) is 0 Å². The van der Waals surface area contributed by atoms with Gasteiger partial charge in [0.05, 0.1) is 7.92 Å². The van der Waals surface area contributed by atoms with Crippen molar-refractivity contribution in [2.45, 2.75) is 0 Å². The van der Waals surface area contributed by atoms with E-state index >= 15 is 0 Å². The normalized spacial score (nSPS) is 9.84. The number of hydrogen-bond acceptors (Lipinski definition) is 2. The molecule has 0 N–H and O–H groups in total. The zero-order valence-corrected chi connectivity index (χ0v) is 19.6. The second-order valence-corrected chi connectivity index (χ2v) is 8.84. The van der Waals surface area contributed by atoms with E-state index in [9.17, 15) is 0 Å². The van der Waals surface area contributed by atoms with Gasteiger partial charge >= 0.3 is 28.4 Å². The van der Waals surface area contributed by atoms with Crippen molar-refractivity contribution in [2.24, 2.45) is 0 Å². The van der Waals surface area contributed by atoms with Gasteiger partial charge in [0.15, 0.2) is 0 Å². The van der Waals surface area contributed by atoms with E-state index in [1.54, 1.807) is 6.07 Å². The van der Waals surface area contributed by atoms with E-state index in [1.807, 2.05) is 0 Å². The molecule has 156 valence electrons. The predicted octanol–water partition coefficient (Wildman–Crippen LogP) is 3.24. The molecule has 0 bridgehead atoms.